The second kappa shape index (κ2) is 7.32. The van der Waals surface area contributed by atoms with Gasteiger partial charge in [-0.2, -0.15) is 10.1 Å². The fourth-order valence-electron chi connectivity index (χ4n) is 2.47. The van der Waals surface area contributed by atoms with Crippen LogP contribution in [0, 0.1) is 0 Å². The van der Waals surface area contributed by atoms with Gasteiger partial charge >= 0.3 is 0 Å². The molecule has 1 aliphatic heterocycles. The molecule has 2 aromatic carbocycles. The second-order valence-corrected chi connectivity index (χ2v) is 6.41. The van der Waals surface area contributed by atoms with Gasteiger partial charge in [0.05, 0.1) is 29.0 Å². The van der Waals surface area contributed by atoms with Gasteiger partial charge in [0, 0.05) is 5.02 Å². The number of methoxy groups -OCH3 is 1. The maximum atomic E-state index is 12.7. The van der Waals surface area contributed by atoms with Gasteiger partial charge in [-0.3, -0.25) is 9.59 Å². The maximum absolute atomic E-state index is 12.7. The SMILES string of the molecule is COc1ccc(/C=C2/C(=O)N(C(=O)c3ccc(Cl)cc3Cl)N=C2C)cc1. The van der Waals surface area contributed by atoms with Gasteiger partial charge in [-0.25, -0.2) is 0 Å². The minimum atomic E-state index is -0.603. The quantitative estimate of drug-likeness (QED) is 0.576. The Kier molecular flexibility index (Phi) is 5.11. The Labute approximate surface area is 160 Å². The van der Waals surface area contributed by atoms with Crippen LogP contribution in [-0.4, -0.2) is 29.6 Å². The van der Waals surface area contributed by atoms with Gasteiger partial charge in [0.15, 0.2) is 0 Å². The van der Waals surface area contributed by atoms with Crippen molar-refractivity contribution in [3.8, 4) is 5.75 Å². The van der Waals surface area contributed by atoms with Crippen molar-refractivity contribution in [3.05, 3.63) is 69.2 Å². The zero-order valence-corrected chi connectivity index (χ0v) is 15.5. The van der Waals surface area contributed by atoms with Crippen LogP contribution in [0.3, 0.4) is 0 Å². The van der Waals surface area contributed by atoms with Crippen molar-refractivity contribution in [2.24, 2.45) is 5.10 Å². The topological polar surface area (TPSA) is 59.0 Å². The molecule has 0 aliphatic carbocycles. The summed E-state index contributed by atoms with van der Waals surface area (Å²) in [6, 6.07) is 11.6. The van der Waals surface area contributed by atoms with E-state index in [-0.39, 0.29) is 10.6 Å². The van der Waals surface area contributed by atoms with Crippen LogP contribution in [0.4, 0.5) is 0 Å². The number of halogens is 2. The normalized spacial score (nSPS) is 15.4. The summed E-state index contributed by atoms with van der Waals surface area (Å²) < 4.78 is 5.11. The molecule has 1 aliphatic rings. The number of ether oxygens (including phenoxy) is 1. The number of carbonyl (C=O) groups is 2. The molecule has 1 heterocycles. The summed E-state index contributed by atoms with van der Waals surface area (Å²) in [6.07, 6.45) is 1.68. The first-order valence-electron chi connectivity index (χ1n) is 7.66. The largest absolute Gasteiger partial charge is 0.497 e. The standard InChI is InChI=1S/C19H14Cl2N2O3/c1-11-16(9-12-3-6-14(26-2)7-4-12)19(25)23(22-11)18(24)15-8-5-13(20)10-17(15)21/h3-10H,1-2H3/b16-9+. The van der Waals surface area contributed by atoms with E-state index in [0.29, 0.717) is 22.1 Å². The predicted octanol–water partition coefficient (Wildman–Crippen LogP) is 4.44. The molecule has 3 rings (SSSR count). The molecular weight excluding hydrogens is 375 g/mol. The number of amides is 2. The molecule has 26 heavy (non-hydrogen) atoms. The Hall–Kier alpha value is -2.63. The summed E-state index contributed by atoms with van der Waals surface area (Å²) in [7, 11) is 1.58. The molecule has 0 atom stereocenters. The molecule has 0 fully saturated rings. The summed E-state index contributed by atoms with van der Waals surface area (Å²) in [5, 5.41) is 5.47. The maximum Gasteiger partial charge on any atom is 0.283 e. The third-order valence-electron chi connectivity index (χ3n) is 3.84. The van der Waals surface area contributed by atoms with Gasteiger partial charge in [0.1, 0.15) is 5.75 Å². The number of imide groups is 1. The molecule has 7 heteroatoms. The molecule has 0 saturated carbocycles. The van der Waals surface area contributed by atoms with Crippen LogP contribution >= 0.6 is 23.2 Å². The third kappa shape index (κ3) is 3.49. The van der Waals surface area contributed by atoms with E-state index in [1.54, 1.807) is 32.2 Å². The van der Waals surface area contributed by atoms with Crippen LogP contribution in [0.15, 0.2) is 53.1 Å². The van der Waals surface area contributed by atoms with Crippen LogP contribution < -0.4 is 4.74 Å². The van der Waals surface area contributed by atoms with Crippen molar-refractivity contribution in [1.82, 2.24) is 5.01 Å². The van der Waals surface area contributed by atoms with Crippen molar-refractivity contribution in [2.75, 3.05) is 7.11 Å². The lowest BCUT2D eigenvalue weighted by molar-refractivity contribution is -0.123. The number of hydrogen-bond acceptors (Lipinski definition) is 4. The number of hydrogen-bond donors (Lipinski definition) is 0. The van der Waals surface area contributed by atoms with Crippen molar-refractivity contribution < 1.29 is 14.3 Å². The van der Waals surface area contributed by atoms with E-state index < -0.39 is 11.8 Å². The fourth-order valence-corrected chi connectivity index (χ4v) is 2.96. The first-order valence-corrected chi connectivity index (χ1v) is 8.41. The van der Waals surface area contributed by atoms with Gasteiger partial charge in [0.25, 0.3) is 11.8 Å². The van der Waals surface area contributed by atoms with E-state index in [1.807, 2.05) is 12.1 Å². The highest BCUT2D eigenvalue weighted by Gasteiger charge is 2.33. The van der Waals surface area contributed by atoms with Crippen LogP contribution in [-0.2, 0) is 4.79 Å². The highest BCUT2D eigenvalue weighted by Crippen LogP contribution is 2.26. The average molecular weight is 389 g/mol. The van der Waals surface area contributed by atoms with Gasteiger partial charge in [0.2, 0.25) is 0 Å². The molecule has 0 bridgehead atoms. The summed E-state index contributed by atoms with van der Waals surface area (Å²) in [5.41, 5.74) is 1.74. The molecule has 2 amide bonds. The third-order valence-corrected chi connectivity index (χ3v) is 4.39. The summed E-state index contributed by atoms with van der Waals surface area (Å²) in [4.78, 5) is 25.3. The molecule has 0 unspecified atom stereocenters. The van der Waals surface area contributed by atoms with E-state index in [1.165, 1.54) is 18.2 Å². The summed E-state index contributed by atoms with van der Waals surface area (Å²) in [6.45, 7) is 1.67. The van der Waals surface area contributed by atoms with Gasteiger partial charge in [-0.05, 0) is 48.9 Å². The zero-order valence-electron chi connectivity index (χ0n) is 14.0. The highest BCUT2D eigenvalue weighted by atomic mass is 35.5. The molecule has 0 radical (unpaired) electrons. The van der Waals surface area contributed by atoms with E-state index >= 15 is 0 Å². The fraction of sp³-hybridized carbons (Fsp3) is 0.105. The lowest BCUT2D eigenvalue weighted by Gasteiger charge is -2.11. The lowest BCUT2D eigenvalue weighted by Crippen LogP contribution is -2.29. The Morgan fingerprint density at radius 3 is 2.46 bits per heavy atom. The Morgan fingerprint density at radius 1 is 1.15 bits per heavy atom. The monoisotopic (exact) mass is 388 g/mol. The summed E-state index contributed by atoms with van der Waals surface area (Å²) >= 11 is 11.9. The number of benzene rings is 2. The van der Waals surface area contributed by atoms with E-state index in [4.69, 9.17) is 27.9 Å². The Bertz CT molecular complexity index is 950. The van der Waals surface area contributed by atoms with Gasteiger partial charge < -0.3 is 4.74 Å². The van der Waals surface area contributed by atoms with Crippen LogP contribution in [0.25, 0.3) is 6.08 Å². The molecule has 5 nitrogen and oxygen atoms in total. The number of carbonyl (C=O) groups excluding carboxylic acids is 2. The molecule has 0 spiro atoms. The molecule has 0 N–H and O–H groups in total. The van der Waals surface area contributed by atoms with E-state index in [2.05, 4.69) is 5.10 Å². The lowest BCUT2D eigenvalue weighted by atomic mass is 10.1. The van der Waals surface area contributed by atoms with Crippen molar-refractivity contribution >= 4 is 46.8 Å². The van der Waals surface area contributed by atoms with Crippen LogP contribution in [0.5, 0.6) is 5.75 Å². The van der Waals surface area contributed by atoms with Crippen molar-refractivity contribution in [3.63, 3.8) is 0 Å². The number of rotatable bonds is 3. The predicted molar refractivity (Wildman–Crippen MR) is 102 cm³/mol. The molecular formula is C19H14Cl2N2O3. The highest BCUT2D eigenvalue weighted by molar-refractivity contribution is 6.38. The van der Waals surface area contributed by atoms with Gasteiger partial charge in [-0.15, -0.1) is 0 Å². The van der Waals surface area contributed by atoms with Crippen molar-refractivity contribution in [1.29, 1.82) is 0 Å². The first-order chi connectivity index (χ1) is 12.4. The Balaban J connectivity index is 1.89. The minimum Gasteiger partial charge on any atom is -0.497 e. The number of nitrogens with zero attached hydrogens (tertiary/aromatic N) is 2. The molecule has 0 aromatic heterocycles. The average Bonchev–Trinajstić information content (AvgIpc) is 2.90. The van der Waals surface area contributed by atoms with E-state index in [0.717, 1.165) is 10.6 Å². The second-order valence-electron chi connectivity index (χ2n) is 5.56. The summed E-state index contributed by atoms with van der Waals surface area (Å²) in [5.74, 6) is -0.395. The number of hydrazone groups is 1. The van der Waals surface area contributed by atoms with E-state index in [9.17, 15) is 9.59 Å². The van der Waals surface area contributed by atoms with Crippen LogP contribution in [0.2, 0.25) is 10.0 Å². The molecule has 132 valence electrons. The van der Waals surface area contributed by atoms with Gasteiger partial charge in [-0.1, -0.05) is 35.3 Å². The molecule has 2 aromatic rings. The smallest absolute Gasteiger partial charge is 0.283 e. The van der Waals surface area contributed by atoms with Crippen molar-refractivity contribution in [2.45, 2.75) is 6.92 Å². The Morgan fingerprint density at radius 2 is 1.85 bits per heavy atom. The van der Waals surface area contributed by atoms with Crippen LogP contribution in [0.1, 0.15) is 22.8 Å². The molecule has 0 saturated heterocycles. The minimum absolute atomic E-state index is 0.159. The first kappa shape index (κ1) is 18.2. The zero-order chi connectivity index (χ0) is 18.8.